The zero-order chi connectivity index (χ0) is 12.5. The smallest absolute Gasteiger partial charge is 0.0945 e. The minimum absolute atomic E-state index is 0.00713. The summed E-state index contributed by atoms with van der Waals surface area (Å²) in [5.41, 5.74) is 0.904. The molecule has 0 spiro atoms. The highest BCUT2D eigenvalue weighted by molar-refractivity contribution is 9.14. The second-order valence-electron chi connectivity index (χ2n) is 4.52. The number of nitrogens with one attached hydrogen (secondary N) is 1. The van der Waals surface area contributed by atoms with Gasteiger partial charge in [0.1, 0.15) is 0 Å². The molecule has 1 atom stereocenters. The molecule has 0 aliphatic carbocycles. The van der Waals surface area contributed by atoms with Crippen LogP contribution in [0.4, 0.5) is 0 Å². The molecule has 0 amide bonds. The van der Waals surface area contributed by atoms with Gasteiger partial charge in [-0.1, -0.05) is 0 Å². The molecule has 0 aliphatic rings. The maximum Gasteiger partial charge on any atom is 0.0945 e. The molecule has 1 heterocycles. The van der Waals surface area contributed by atoms with Gasteiger partial charge in [0, 0.05) is 22.1 Å². The fraction of sp³-hybridized carbons (Fsp3) is 0.600. The van der Waals surface area contributed by atoms with Crippen LogP contribution in [0.2, 0.25) is 0 Å². The predicted molar refractivity (Wildman–Crippen MR) is 80.1 cm³/mol. The number of hydrogen-bond acceptors (Lipinski definition) is 3. The number of rotatable bonds is 3. The van der Waals surface area contributed by atoms with Gasteiger partial charge in [-0.15, -0.1) is 11.3 Å². The summed E-state index contributed by atoms with van der Waals surface area (Å²) >= 11 is 11.9. The van der Waals surface area contributed by atoms with Crippen molar-refractivity contribution in [2.24, 2.45) is 0 Å². The molecule has 6 heteroatoms. The van der Waals surface area contributed by atoms with Crippen LogP contribution < -0.4 is 5.32 Å². The minimum Gasteiger partial charge on any atom is -0.387 e. The first-order valence-electron chi connectivity index (χ1n) is 4.78. The quantitative estimate of drug-likeness (QED) is 0.734. The Morgan fingerprint density at radius 3 is 2.19 bits per heavy atom. The number of aliphatic hydroxyl groups excluding tert-OH is 1. The topological polar surface area (TPSA) is 32.3 Å². The second kappa shape index (κ2) is 5.80. The van der Waals surface area contributed by atoms with Crippen LogP contribution in [0.5, 0.6) is 0 Å². The lowest BCUT2D eigenvalue weighted by molar-refractivity contribution is 0.162. The van der Waals surface area contributed by atoms with E-state index in [1.54, 1.807) is 11.3 Å². The average molecular weight is 436 g/mol. The Balaban J connectivity index is 2.77. The Morgan fingerprint density at radius 2 is 1.81 bits per heavy atom. The summed E-state index contributed by atoms with van der Waals surface area (Å²) in [6.07, 6.45) is -0.523. The molecule has 0 aliphatic heterocycles. The fourth-order valence-electron chi connectivity index (χ4n) is 1.15. The zero-order valence-corrected chi connectivity index (χ0v) is 14.8. The highest BCUT2D eigenvalue weighted by Crippen LogP contribution is 2.43. The molecule has 1 aromatic heterocycles. The first-order valence-corrected chi connectivity index (χ1v) is 7.98. The van der Waals surface area contributed by atoms with E-state index in [-0.39, 0.29) is 5.54 Å². The summed E-state index contributed by atoms with van der Waals surface area (Å²) in [6, 6.07) is 0. The molecule has 0 saturated heterocycles. The van der Waals surface area contributed by atoms with Crippen LogP contribution in [0.25, 0.3) is 0 Å². The molecule has 0 bridgehead atoms. The molecule has 0 fully saturated rings. The van der Waals surface area contributed by atoms with Crippen LogP contribution in [0, 0.1) is 0 Å². The largest absolute Gasteiger partial charge is 0.387 e. The number of halogens is 3. The summed E-state index contributed by atoms with van der Waals surface area (Å²) in [6.45, 7) is 6.76. The van der Waals surface area contributed by atoms with E-state index in [0.29, 0.717) is 6.54 Å². The molecule has 92 valence electrons. The zero-order valence-electron chi connectivity index (χ0n) is 9.27. The fourth-order valence-corrected chi connectivity index (χ4v) is 5.26. The number of thiophene rings is 1. The van der Waals surface area contributed by atoms with Crippen molar-refractivity contribution in [1.82, 2.24) is 5.32 Å². The van der Waals surface area contributed by atoms with E-state index in [9.17, 15) is 5.11 Å². The van der Waals surface area contributed by atoms with Gasteiger partial charge in [-0.25, -0.2) is 0 Å². The number of hydrogen-bond donors (Lipinski definition) is 2. The Bertz CT molecular complexity index is 373. The highest BCUT2D eigenvalue weighted by atomic mass is 79.9. The van der Waals surface area contributed by atoms with Gasteiger partial charge >= 0.3 is 0 Å². The van der Waals surface area contributed by atoms with Gasteiger partial charge in [-0.3, -0.25) is 0 Å². The summed E-state index contributed by atoms with van der Waals surface area (Å²) < 4.78 is 2.87. The maximum atomic E-state index is 10.1. The number of aliphatic hydroxyl groups is 1. The van der Waals surface area contributed by atoms with Crippen molar-refractivity contribution in [1.29, 1.82) is 0 Å². The summed E-state index contributed by atoms with van der Waals surface area (Å²) in [5, 5.41) is 13.4. The monoisotopic (exact) mass is 433 g/mol. The first-order chi connectivity index (χ1) is 7.22. The van der Waals surface area contributed by atoms with Crippen molar-refractivity contribution in [2.75, 3.05) is 6.54 Å². The lowest BCUT2D eigenvalue weighted by atomic mass is 10.1. The summed E-state index contributed by atoms with van der Waals surface area (Å²) in [4.78, 5) is 0. The molecule has 2 nitrogen and oxygen atoms in total. The third-order valence-electron chi connectivity index (χ3n) is 1.96. The summed E-state index contributed by atoms with van der Waals surface area (Å²) in [7, 11) is 0. The molecule has 0 radical (unpaired) electrons. The van der Waals surface area contributed by atoms with Crippen molar-refractivity contribution < 1.29 is 5.11 Å². The molecule has 1 rings (SSSR count). The minimum atomic E-state index is -0.523. The van der Waals surface area contributed by atoms with Crippen LogP contribution in [0.1, 0.15) is 32.4 Å². The van der Waals surface area contributed by atoms with Gasteiger partial charge in [0.15, 0.2) is 0 Å². The van der Waals surface area contributed by atoms with Crippen LogP contribution in [-0.2, 0) is 0 Å². The van der Waals surface area contributed by atoms with E-state index >= 15 is 0 Å². The van der Waals surface area contributed by atoms with Crippen molar-refractivity contribution >= 4 is 59.1 Å². The summed E-state index contributed by atoms with van der Waals surface area (Å²) in [5.74, 6) is 0. The molecule has 1 aromatic rings. The van der Waals surface area contributed by atoms with Gasteiger partial charge in [0.25, 0.3) is 0 Å². The molecule has 0 saturated carbocycles. The van der Waals surface area contributed by atoms with Gasteiger partial charge in [-0.2, -0.15) is 0 Å². The molecule has 2 N–H and O–H groups in total. The van der Waals surface area contributed by atoms with Crippen molar-refractivity contribution in [3.8, 4) is 0 Å². The van der Waals surface area contributed by atoms with E-state index in [4.69, 9.17) is 0 Å². The Kier molecular flexibility index (Phi) is 5.48. The Labute approximate surface area is 125 Å². The molecule has 0 aromatic carbocycles. The van der Waals surface area contributed by atoms with Crippen LogP contribution in [0.15, 0.2) is 12.0 Å². The normalized spacial score (nSPS) is 14.2. The van der Waals surface area contributed by atoms with Gasteiger partial charge in [0.05, 0.1) is 13.7 Å². The van der Waals surface area contributed by atoms with Crippen molar-refractivity contribution in [3.63, 3.8) is 0 Å². The molecular formula is C10H14Br3NOS. The van der Waals surface area contributed by atoms with E-state index in [2.05, 4.69) is 73.9 Å². The maximum absolute atomic E-state index is 10.1. The SMILES string of the molecule is CC(C)(C)NCC(O)c1c(Br)sc(Br)c1Br. The standard InChI is InChI=1S/C10H14Br3NOS/c1-10(2,3)14-4-5(15)6-7(11)9(13)16-8(6)12/h5,14-15H,4H2,1-3H3. The van der Waals surface area contributed by atoms with Crippen molar-refractivity contribution in [2.45, 2.75) is 32.4 Å². The van der Waals surface area contributed by atoms with E-state index in [1.807, 2.05) is 0 Å². The third-order valence-corrected chi connectivity index (χ3v) is 6.15. The van der Waals surface area contributed by atoms with Crippen molar-refractivity contribution in [3.05, 3.63) is 17.6 Å². The lowest BCUT2D eigenvalue weighted by Crippen LogP contribution is -2.38. The Hall–Kier alpha value is 1.06. The van der Waals surface area contributed by atoms with E-state index < -0.39 is 6.10 Å². The van der Waals surface area contributed by atoms with Crippen LogP contribution >= 0.6 is 59.1 Å². The molecule has 1 unspecified atom stereocenters. The van der Waals surface area contributed by atoms with E-state index in [0.717, 1.165) is 17.6 Å². The second-order valence-corrected chi connectivity index (χ2v) is 8.97. The Morgan fingerprint density at radius 1 is 1.25 bits per heavy atom. The van der Waals surface area contributed by atoms with Crippen LogP contribution in [-0.4, -0.2) is 17.2 Å². The first kappa shape index (κ1) is 15.1. The lowest BCUT2D eigenvalue weighted by Gasteiger charge is -2.23. The van der Waals surface area contributed by atoms with E-state index in [1.165, 1.54) is 0 Å². The highest BCUT2D eigenvalue weighted by Gasteiger charge is 2.21. The third kappa shape index (κ3) is 4.07. The molecular weight excluding hydrogens is 422 g/mol. The van der Waals surface area contributed by atoms with Gasteiger partial charge in [0.2, 0.25) is 0 Å². The molecule has 16 heavy (non-hydrogen) atoms. The average Bonchev–Trinajstić information content (AvgIpc) is 2.36. The van der Waals surface area contributed by atoms with Gasteiger partial charge in [-0.05, 0) is 68.6 Å². The van der Waals surface area contributed by atoms with Crippen LogP contribution in [0.3, 0.4) is 0 Å². The van der Waals surface area contributed by atoms with Gasteiger partial charge < -0.3 is 10.4 Å². The number of β-amino-alcohol motifs (C(OH)–C–C–N with tert-alkyl or cyclic N) is 1. The predicted octanol–water partition coefficient (Wildman–Crippen LogP) is 4.46.